The highest BCUT2D eigenvalue weighted by Crippen LogP contribution is 2.27. The maximum Gasteiger partial charge on any atom is 0.404 e. The Bertz CT molecular complexity index is 1510. The summed E-state index contributed by atoms with van der Waals surface area (Å²) in [6.45, 7) is 1.30. The lowest BCUT2D eigenvalue weighted by atomic mass is 10.1. The highest BCUT2D eigenvalue weighted by molar-refractivity contribution is 6.31. The molecule has 0 saturated carbocycles. The van der Waals surface area contributed by atoms with Crippen LogP contribution in [0.25, 0.3) is 11.0 Å². The summed E-state index contributed by atoms with van der Waals surface area (Å²) >= 11 is 6.47. The van der Waals surface area contributed by atoms with E-state index in [0.717, 1.165) is 18.4 Å². The van der Waals surface area contributed by atoms with Gasteiger partial charge in [-0.1, -0.05) is 60.1 Å². The number of amides is 1. The van der Waals surface area contributed by atoms with Gasteiger partial charge in [0, 0.05) is 35.9 Å². The highest BCUT2D eigenvalue weighted by Gasteiger charge is 2.27. The number of Topliss-reactive ketones (excluding diaryl/α,β-unsaturated/α-hetero) is 1. The molecule has 10 heteroatoms. The Labute approximate surface area is 217 Å². The van der Waals surface area contributed by atoms with Crippen LogP contribution in [0.1, 0.15) is 28.8 Å². The minimum atomic E-state index is -1.07. The molecule has 1 saturated heterocycles. The lowest BCUT2D eigenvalue weighted by Gasteiger charge is -2.33. The van der Waals surface area contributed by atoms with Gasteiger partial charge in [-0.2, -0.15) is 0 Å². The summed E-state index contributed by atoms with van der Waals surface area (Å²) in [6, 6.07) is 17.7. The molecule has 2 N–H and O–H groups in total. The van der Waals surface area contributed by atoms with E-state index in [1.54, 1.807) is 42.6 Å². The molecular formula is C27H26ClN5O4. The van der Waals surface area contributed by atoms with Gasteiger partial charge in [0.15, 0.2) is 5.78 Å². The molecule has 5 rings (SSSR count). The summed E-state index contributed by atoms with van der Waals surface area (Å²) in [5.41, 5.74) is 1.89. The fourth-order valence-corrected chi connectivity index (χ4v) is 4.99. The second-order valence-corrected chi connectivity index (χ2v) is 9.50. The van der Waals surface area contributed by atoms with Crippen LogP contribution in [0.15, 0.2) is 71.7 Å². The fraction of sp³-hybridized carbons (Fsp3) is 0.259. The summed E-state index contributed by atoms with van der Waals surface area (Å²) in [4.78, 5) is 44.6. The number of hydrogen-bond acceptors (Lipinski definition) is 5. The summed E-state index contributed by atoms with van der Waals surface area (Å²) in [7, 11) is 0. The number of hydrogen-bond donors (Lipinski definition) is 2. The maximum atomic E-state index is 13.7. The number of piperidine rings is 1. The molecule has 1 atom stereocenters. The average Bonchev–Trinajstić information content (AvgIpc) is 3.26. The largest absolute Gasteiger partial charge is 0.465 e. The van der Waals surface area contributed by atoms with Crippen molar-refractivity contribution in [1.82, 2.24) is 19.4 Å². The number of imidazole rings is 1. The monoisotopic (exact) mass is 519 g/mol. The number of rotatable bonds is 7. The quantitative estimate of drug-likeness (QED) is 0.357. The first-order chi connectivity index (χ1) is 17.9. The van der Waals surface area contributed by atoms with E-state index in [1.807, 2.05) is 33.7 Å². The van der Waals surface area contributed by atoms with Crippen molar-refractivity contribution in [3.05, 3.63) is 93.4 Å². The van der Waals surface area contributed by atoms with E-state index in [0.29, 0.717) is 47.2 Å². The Kier molecular flexibility index (Phi) is 6.96. The molecule has 0 radical (unpaired) electrons. The summed E-state index contributed by atoms with van der Waals surface area (Å²) in [5.74, 6) is 0.397. The smallest absolute Gasteiger partial charge is 0.404 e. The van der Waals surface area contributed by atoms with E-state index in [9.17, 15) is 19.5 Å². The predicted molar refractivity (Wildman–Crippen MR) is 142 cm³/mol. The molecule has 2 aromatic carbocycles. The third kappa shape index (κ3) is 5.22. The number of aromatic nitrogens is 3. The van der Waals surface area contributed by atoms with Crippen molar-refractivity contribution in [3.8, 4) is 0 Å². The maximum absolute atomic E-state index is 13.7. The van der Waals surface area contributed by atoms with Crippen LogP contribution in [0, 0.1) is 0 Å². The normalized spacial score (nSPS) is 15.6. The molecule has 4 aromatic rings. The molecule has 0 unspecified atom stereocenters. The second kappa shape index (κ2) is 10.5. The molecule has 1 amide bonds. The molecule has 37 heavy (non-hydrogen) atoms. The number of nitrogens with one attached hydrogen (secondary N) is 1. The number of carboxylic acid groups (broad SMARTS) is 1. The van der Waals surface area contributed by atoms with Gasteiger partial charge in [-0.25, -0.2) is 9.78 Å². The first kappa shape index (κ1) is 24.6. The molecule has 3 heterocycles. The van der Waals surface area contributed by atoms with Crippen LogP contribution in [0.5, 0.6) is 0 Å². The van der Waals surface area contributed by atoms with E-state index in [2.05, 4.69) is 5.32 Å². The van der Waals surface area contributed by atoms with Crippen molar-refractivity contribution in [3.63, 3.8) is 0 Å². The Morgan fingerprint density at radius 3 is 2.59 bits per heavy atom. The van der Waals surface area contributed by atoms with Crippen molar-refractivity contribution >= 4 is 40.5 Å². The second-order valence-electron chi connectivity index (χ2n) is 9.10. The molecule has 190 valence electrons. The van der Waals surface area contributed by atoms with Crippen molar-refractivity contribution < 1.29 is 14.7 Å². The van der Waals surface area contributed by atoms with Crippen LogP contribution >= 0.6 is 11.6 Å². The molecule has 1 aliphatic heterocycles. The van der Waals surface area contributed by atoms with Crippen LogP contribution in [0.4, 0.5) is 10.7 Å². The summed E-state index contributed by atoms with van der Waals surface area (Å²) in [6.07, 6.45) is 2.02. The lowest BCUT2D eigenvalue weighted by Crippen LogP contribution is -2.48. The van der Waals surface area contributed by atoms with Gasteiger partial charge in [-0.15, -0.1) is 0 Å². The Morgan fingerprint density at radius 2 is 1.84 bits per heavy atom. The van der Waals surface area contributed by atoms with E-state index in [1.165, 1.54) is 4.57 Å². The van der Waals surface area contributed by atoms with E-state index in [-0.39, 0.29) is 23.9 Å². The lowest BCUT2D eigenvalue weighted by molar-refractivity contribution is 0.0971. The van der Waals surface area contributed by atoms with Gasteiger partial charge in [-0.3, -0.25) is 9.59 Å². The molecule has 0 bridgehead atoms. The molecule has 1 fully saturated rings. The molecule has 1 aliphatic rings. The van der Waals surface area contributed by atoms with E-state index >= 15 is 0 Å². The fourth-order valence-electron chi connectivity index (χ4n) is 4.80. The number of fused-ring (bicyclic) bond motifs is 1. The molecule has 0 aliphatic carbocycles. The van der Waals surface area contributed by atoms with Crippen LogP contribution in [-0.2, 0) is 13.1 Å². The van der Waals surface area contributed by atoms with Crippen LogP contribution in [0.2, 0.25) is 5.02 Å². The Morgan fingerprint density at radius 1 is 1.08 bits per heavy atom. The Balaban J connectivity index is 1.58. The average molecular weight is 520 g/mol. The van der Waals surface area contributed by atoms with Gasteiger partial charge >= 0.3 is 6.09 Å². The van der Waals surface area contributed by atoms with Crippen LogP contribution < -0.4 is 15.8 Å². The SMILES string of the molecule is O=C(O)N[C@@H]1CCCN(c2nc3ccn(CC(=O)c4ccccc4)c(=O)c3n2Cc2ccccc2Cl)C1. The topological polar surface area (TPSA) is 109 Å². The molecule has 2 aromatic heterocycles. The minimum absolute atomic E-state index is 0.0975. The van der Waals surface area contributed by atoms with Gasteiger partial charge in [0.2, 0.25) is 5.95 Å². The zero-order valence-corrected chi connectivity index (χ0v) is 20.8. The number of halogens is 1. The number of pyridine rings is 1. The van der Waals surface area contributed by atoms with Crippen molar-refractivity contribution in [2.45, 2.75) is 32.0 Å². The van der Waals surface area contributed by atoms with Gasteiger partial charge < -0.3 is 24.5 Å². The Hall–Kier alpha value is -4.11. The minimum Gasteiger partial charge on any atom is -0.465 e. The number of carbonyl (C=O) groups excluding carboxylic acids is 1. The third-order valence-electron chi connectivity index (χ3n) is 6.58. The van der Waals surface area contributed by atoms with Crippen molar-refractivity contribution in [1.29, 1.82) is 0 Å². The standard InChI is InChI=1S/C27H26ClN5O4/c28-21-11-5-4-9-19(21)15-33-24-22(30-26(33)32-13-6-10-20(16-32)29-27(36)37)12-14-31(25(24)35)17-23(34)18-7-2-1-3-8-18/h1-5,7-9,11-12,14,20,29H,6,10,13,15-17H2,(H,36,37)/t20-/m1/s1. The van der Waals surface area contributed by atoms with Crippen molar-refractivity contribution in [2.24, 2.45) is 0 Å². The van der Waals surface area contributed by atoms with Crippen molar-refractivity contribution in [2.75, 3.05) is 18.0 Å². The predicted octanol–water partition coefficient (Wildman–Crippen LogP) is 4.02. The van der Waals surface area contributed by atoms with Crippen LogP contribution in [-0.4, -0.2) is 50.2 Å². The third-order valence-corrected chi connectivity index (χ3v) is 6.95. The van der Waals surface area contributed by atoms with E-state index in [4.69, 9.17) is 16.6 Å². The van der Waals surface area contributed by atoms with Gasteiger partial charge in [0.1, 0.15) is 5.52 Å². The van der Waals surface area contributed by atoms with Gasteiger partial charge in [-0.05, 0) is 30.5 Å². The first-order valence-corrected chi connectivity index (χ1v) is 12.4. The summed E-state index contributed by atoms with van der Waals surface area (Å²) in [5, 5.41) is 12.3. The number of carbonyl (C=O) groups is 2. The van der Waals surface area contributed by atoms with Gasteiger partial charge in [0.25, 0.3) is 5.56 Å². The molecule has 0 spiro atoms. The van der Waals surface area contributed by atoms with Crippen LogP contribution in [0.3, 0.4) is 0 Å². The van der Waals surface area contributed by atoms with E-state index < -0.39 is 6.09 Å². The molecule has 9 nitrogen and oxygen atoms in total. The molecular weight excluding hydrogens is 494 g/mol. The van der Waals surface area contributed by atoms with Gasteiger partial charge in [0.05, 0.1) is 18.6 Å². The zero-order chi connectivity index (χ0) is 25.9. The number of benzene rings is 2. The zero-order valence-electron chi connectivity index (χ0n) is 20.0. The first-order valence-electron chi connectivity index (χ1n) is 12.1. The number of nitrogens with zero attached hydrogens (tertiary/aromatic N) is 4. The number of ketones is 1. The summed E-state index contributed by atoms with van der Waals surface area (Å²) < 4.78 is 3.22. The highest BCUT2D eigenvalue weighted by atomic mass is 35.5. The number of anilines is 1.